The van der Waals surface area contributed by atoms with Gasteiger partial charge in [0.05, 0.1) is 26.4 Å². The maximum absolute atomic E-state index is 13.1. The summed E-state index contributed by atoms with van der Waals surface area (Å²) < 4.78 is 16.6. The van der Waals surface area contributed by atoms with Gasteiger partial charge in [-0.2, -0.15) is 0 Å². The molecule has 2 fully saturated rings. The Morgan fingerprint density at radius 2 is 1.68 bits per heavy atom. The first kappa shape index (κ1) is 19.2. The smallest absolute Gasteiger partial charge is 0.327 e. The van der Waals surface area contributed by atoms with E-state index in [2.05, 4.69) is 12.1 Å². The molecule has 0 unspecified atom stereocenters. The van der Waals surface area contributed by atoms with Crippen molar-refractivity contribution in [2.45, 2.75) is 33.1 Å². The third kappa shape index (κ3) is 2.63. The van der Waals surface area contributed by atoms with Gasteiger partial charge < -0.3 is 14.2 Å². The molecule has 0 spiro atoms. The third-order valence-corrected chi connectivity index (χ3v) is 6.85. The van der Waals surface area contributed by atoms with E-state index in [-0.39, 0.29) is 31.0 Å². The summed E-state index contributed by atoms with van der Waals surface area (Å²) in [6.45, 7) is 7.31. The summed E-state index contributed by atoms with van der Waals surface area (Å²) in [5, 5.41) is 0. The van der Waals surface area contributed by atoms with Crippen molar-refractivity contribution in [1.29, 1.82) is 0 Å². The lowest BCUT2D eigenvalue weighted by Gasteiger charge is -2.30. The minimum atomic E-state index is -1.33. The molecule has 0 N–H and O–H groups in total. The van der Waals surface area contributed by atoms with Crippen LogP contribution in [0.5, 0.6) is 0 Å². The predicted molar refractivity (Wildman–Crippen MR) is 103 cm³/mol. The van der Waals surface area contributed by atoms with Crippen LogP contribution < -0.4 is 0 Å². The van der Waals surface area contributed by atoms with Gasteiger partial charge in [-0.15, -0.1) is 0 Å². The number of ether oxygens (including phenoxy) is 3. The van der Waals surface area contributed by atoms with E-state index >= 15 is 0 Å². The largest absolute Gasteiger partial charge is 0.465 e. The second kappa shape index (κ2) is 7.36. The monoisotopic (exact) mass is 384 g/mol. The predicted octanol–water partition coefficient (Wildman–Crippen LogP) is 3.50. The van der Waals surface area contributed by atoms with Crippen molar-refractivity contribution in [2.75, 3.05) is 26.4 Å². The van der Waals surface area contributed by atoms with E-state index in [1.807, 2.05) is 25.1 Å². The average Bonchev–Trinajstić information content (AvgIpc) is 3.33. The molecule has 1 aliphatic heterocycles. The molecular formula is C23H28O5. The molecular weight excluding hydrogens is 356 g/mol. The summed E-state index contributed by atoms with van der Waals surface area (Å²) in [6, 6.07) is 10.4. The van der Waals surface area contributed by atoms with E-state index in [4.69, 9.17) is 14.2 Å². The Kier molecular flexibility index (Phi) is 5.04. The summed E-state index contributed by atoms with van der Waals surface area (Å²) in [5.41, 5.74) is 1.97. The zero-order valence-corrected chi connectivity index (χ0v) is 16.8. The Morgan fingerprint density at radius 1 is 1.04 bits per heavy atom. The van der Waals surface area contributed by atoms with Crippen LogP contribution in [0.2, 0.25) is 0 Å². The molecule has 4 rings (SSSR count). The number of esters is 2. The van der Waals surface area contributed by atoms with E-state index in [0.29, 0.717) is 18.9 Å². The van der Waals surface area contributed by atoms with Crippen LogP contribution in [0, 0.1) is 23.2 Å². The average molecular weight is 384 g/mol. The van der Waals surface area contributed by atoms with Crippen molar-refractivity contribution in [3.8, 4) is 0 Å². The van der Waals surface area contributed by atoms with Crippen molar-refractivity contribution in [3.63, 3.8) is 0 Å². The highest BCUT2D eigenvalue weighted by Gasteiger charge is 2.64. The molecule has 150 valence electrons. The van der Waals surface area contributed by atoms with Gasteiger partial charge in [0, 0.05) is 5.92 Å². The van der Waals surface area contributed by atoms with Gasteiger partial charge in [-0.3, -0.25) is 9.59 Å². The summed E-state index contributed by atoms with van der Waals surface area (Å²) in [6.07, 6.45) is 0.429. The van der Waals surface area contributed by atoms with Crippen LogP contribution in [-0.2, 0) is 23.8 Å². The van der Waals surface area contributed by atoms with Crippen LogP contribution in [0.3, 0.4) is 0 Å². The summed E-state index contributed by atoms with van der Waals surface area (Å²) >= 11 is 0. The topological polar surface area (TPSA) is 61.8 Å². The normalized spacial score (nSPS) is 30.1. The molecule has 0 amide bonds. The minimum Gasteiger partial charge on any atom is -0.465 e. The number of carbonyl (C=O) groups excluding carboxylic acids is 2. The first-order valence-electron chi connectivity index (χ1n) is 10.2. The molecule has 1 saturated carbocycles. The Morgan fingerprint density at radius 3 is 2.29 bits per heavy atom. The number of carbonyl (C=O) groups is 2. The Hall–Kier alpha value is -2.14. The van der Waals surface area contributed by atoms with Gasteiger partial charge in [-0.25, -0.2) is 0 Å². The van der Waals surface area contributed by atoms with Crippen LogP contribution >= 0.6 is 0 Å². The van der Waals surface area contributed by atoms with Crippen LogP contribution in [0.25, 0.3) is 0 Å². The van der Waals surface area contributed by atoms with Crippen molar-refractivity contribution in [2.24, 2.45) is 23.2 Å². The molecule has 2 aliphatic carbocycles. The number of hydrogen-bond acceptors (Lipinski definition) is 5. The molecule has 28 heavy (non-hydrogen) atoms. The van der Waals surface area contributed by atoms with Crippen LogP contribution in [0.4, 0.5) is 0 Å². The highest BCUT2D eigenvalue weighted by Crippen LogP contribution is 2.64. The van der Waals surface area contributed by atoms with Gasteiger partial charge in [-0.1, -0.05) is 35.9 Å². The number of hydrogen-bond donors (Lipinski definition) is 0. The van der Waals surface area contributed by atoms with Gasteiger partial charge in [0.1, 0.15) is 0 Å². The van der Waals surface area contributed by atoms with Gasteiger partial charge in [-0.05, 0) is 56.1 Å². The first-order chi connectivity index (χ1) is 13.6. The minimum absolute atomic E-state index is 0.134. The summed E-state index contributed by atoms with van der Waals surface area (Å²) in [5.74, 6) is 0.0606. The molecule has 5 nitrogen and oxygen atoms in total. The highest BCUT2D eigenvalue weighted by molar-refractivity contribution is 6.04. The summed E-state index contributed by atoms with van der Waals surface area (Å²) in [7, 11) is 0. The van der Waals surface area contributed by atoms with Crippen LogP contribution in [-0.4, -0.2) is 38.4 Å². The van der Waals surface area contributed by atoms with E-state index in [1.165, 1.54) is 11.1 Å². The zero-order chi connectivity index (χ0) is 19.9. The molecule has 0 bridgehead atoms. The molecule has 1 aromatic carbocycles. The summed E-state index contributed by atoms with van der Waals surface area (Å²) in [4.78, 5) is 26.1. The molecule has 1 heterocycles. The second-order valence-electron chi connectivity index (χ2n) is 7.98. The van der Waals surface area contributed by atoms with Crippen molar-refractivity contribution in [1.82, 2.24) is 0 Å². The van der Waals surface area contributed by atoms with Crippen LogP contribution in [0.1, 0.15) is 38.7 Å². The molecule has 1 aromatic rings. The zero-order valence-electron chi connectivity index (χ0n) is 16.8. The van der Waals surface area contributed by atoms with E-state index in [9.17, 15) is 9.59 Å². The molecule has 1 saturated heterocycles. The lowest BCUT2D eigenvalue weighted by atomic mass is 9.74. The maximum Gasteiger partial charge on any atom is 0.327 e. The molecule has 3 aliphatic rings. The maximum atomic E-state index is 13.1. The fraction of sp³-hybridized carbons (Fsp3) is 0.565. The van der Waals surface area contributed by atoms with E-state index in [0.717, 1.165) is 12.2 Å². The first-order valence-corrected chi connectivity index (χ1v) is 10.2. The second-order valence-corrected chi connectivity index (χ2v) is 7.98. The van der Waals surface area contributed by atoms with Crippen molar-refractivity contribution in [3.05, 3.63) is 47.0 Å². The van der Waals surface area contributed by atoms with E-state index in [1.54, 1.807) is 13.8 Å². The standard InChI is InChI=1S/C23H28O5/c1-4-27-21(24)23(22(25)28-5-2)11-16-19(14(23)3)17-12-26-13-18(17)20(16)15-9-7-6-8-10-15/h6-10,16-18,20H,4-5,11-13H2,1-3H3/t16-,17+,18-,20-/m1/s1. The quantitative estimate of drug-likeness (QED) is 0.442. The number of fused-ring (bicyclic) bond motifs is 3. The number of rotatable bonds is 5. The van der Waals surface area contributed by atoms with Gasteiger partial charge in [0.15, 0.2) is 5.41 Å². The Balaban J connectivity index is 1.82. The molecule has 4 atom stereocenters. The SMILES string of the molecule is CCOC(=O)C1(C(=O)OCC)C[C@@H]2C(=C1C)[C@H]1COC[C@H]1[C@@H]2c1ccccc1. The van der Waals surface area contributed by atoms with E-state index < -0.39 is 17.4 Å². The Labute approximate surface area is 166 Å². The van der Waals surface area contributed by atoms with Gasteiger partial charge in [0.25, 0.3) is 0 Å². The van der Waals surface area contributed by atoms with Crippen molar-refractivity contribution < 1.29 is 23.8 Å². The van der Waals surface area contributed by atoms with Gasteiger partial charge in [0.2, 0.25) is 0 Å². The fourth-order valence-electron chi connectivity index (χ4n) is 5.75. The number of benzene rings is 1. The highest BCUT2D eigenvalue weighted by atomic mass is 16.6. The fourth-order valence-corrected chi connectivity index (χ4v) is 5.75. The van der Waals surface area contributed by atoms with Crippen molar-refractivity contribution >= 4 is 11.9 Å². The molecule has 0 aromatic heterocycles. The lowest BCUT2D eigenvalue weighted by molar-refractivity contribution is -0.169. The van der Waals surface area contributed by atoms with Gasteiger partial charge >= 0.3 is 11.9 Å². The molecule has 5 heteroatoms. The third-order valence-electron chi connectivity index (χ3n) is 6.85. The Bertz CT molecular complexity index is 778. The van der Waals surface area contributed by atoms with Crippen LogP contribution in [0.15, 0.2) is 41.5 Å². The molecule has 0 radical (unpaired) electrons. The lowest BCUT2D eigenvalue weighted by Crippen LogP contribution is -2.42.